The van der Waals surface area contributed by atoms with Gasteiger partial charge in [0.25, 0.3) is 0 Å². The van der Waals surface area contributed by atoms with Crippen molar-refractivity contribution < 1.29 is 8.42 Å². The average Bonchev–Trinajstić information content (AvgIpc) is 2.16. The van der Waals surface area contributed by atoms with E-state index < -0.39 is 9.84 Å². The van der Waals surface area contributed by atoms with Crippen molar-refractivity contribution >= 4 is 9.84 Å². The molecule has 0 saturated carbocycles. The average molecular weight is 248 g/mol. The fourth-order valence-corrected chi connectivity index (χ4v) is 3.42. The maximum absolute atomic E-state index is 11.2. The van der Waals surface area contributed by atoms with Gasteiger partial charge in [-0.15, -0.1) is 0 Å². The molecule has 0 aromatic heterocycles. The quantitative estimate of drug-likeness (QED) is 0.769. The number of nitrogens with zero attached hydrogens (tertiary/aromatic N) is 1. The SMILES string of the molecule is CCCC1CN(C(C)CS(C)(=O)=O)CCN1. The van der Waals surface area contributed by atoms with Gasteiger partial charge < -0.3 is 5.32 Å². The van der Waals surface area contributed by atoms with E-state index in [1.807, 2.05) is 6.92 Å². The van der Waals surface area contributed by atoms with Gasteiger partial charge in [0.1, 0.15) is 9.84 Å². The lowest BCUT2D eigenvalue weighted by Crippen LogP contribution is -2.54. The minimum absolute atomic E-state index is 0.136. The zero-order valence-electron chi connectivity index (χ0n) is 10.6. The molecule has 0 radical (unpaired) electrons. The Morgan fingerprint density at radius 3 is 2.75 bits per heavy atom. The van der Waals surface area contributed by atoms with Crippen molar-refractivity contribution in [1.29, 1.82) is 0 Å². The van der Waals surface area contributed by atoms with Gasteiger partial charge in [0.05, 0.1) is 5.75 Å². The molecule has 1 rings (SSSR count). The molecule has 2 unspecified atom stereocenters. The lowest BCUT2D eigenvalue weighted by Gasteiger charge is -2.37. The molecular formula is C11H24N2O2S. The number of hydrogen-bond acceptors (Lipinski definition) is 4. The molecule has 1 aliphatic rings. The van der Waals surface area contributed by atoms with Crippen LogP contribution in [0.4, 0.5) is 0 Å². The predicted octanol–water partition coefficient (Wildman–Crippen LogP) is 0.493. The Balaban J connectivity index is 2.46. The van der Waals surface area contributed by atoms with E-state index in [9.17, 15) is 8.42 Å². The van der Waals surface area contributed by atoms with Crippen LogP contribution in [-0.2, 0) is 9.84 Å². The molecule has 5 heteroatoms. The molecule has 1 aliphatic heterocycles. The van der Waals surface area contributed by atoms with Crippen molar-refractivity contribution in [3.63, 3.8) is 0 Å². The molecular weight excluding hydrogens is 224 g/mol. The molecule has 2 atom stereocenters. The van der Waals surface area contributed by atoms with Crippen LogP contribution in [0.25, 0.3) is 0 Å². The molecule has 0 bridgehead atoms. The molecule has 1 heterocycles. The minimum atomic E-state index is -2.86. The molecule has 96 valence electrons. The first-order chi connectivity index (χ1) is 7.42. The van der Waals surface area contributed by atoms with Gasteiger partial charge in [-0.25, -0.2) is 8.42 Å². The van der Waals surface area contributed by atoms with Gasteiger partial charge in [0, 0.05) is 38.0 Å². The Morgan fingerprint density at radius 1 is 1.50 bits per heavy atom. The number of sulfone groups is 1. The van der Waals surface area contributed by atoms with Crippen LogP contribution in [0, 0.1) is 0 Å². The summed E-state index contributed by atoms with van der Waals surface area (Å²) in [6.45, 7) is 7.09. The predicted molar refractivity (Wildman–Crippen MR) is 67.4 cm³/mol. The maximum Gasteiger partial charge on any atom is 0.148 e. The summed E-state index contributed by atoms with van der Waals surface area (Å²) in [5, 5.41) is 3.48. The first-order valence-electron chi connectivity index (χ1n) is 6.07. The molecule has 1 saturated heterocycles. The highest BCUT2D eigenvalue weighted by Gasteiger charge is 2.24. The number of piperazine rings is 1. The third kappa shape index (κ3) is 4.80. The van der Waals surface area contributed by atoms with Gasteiger partial charge in [-0.1, -0.05) is 13.3 Å². The number of hydrogen-bond donors (Lipinski definition) is 1. The standard InChI is InChI=1S/C11H24N2O2S/c1-4-5-11-8-13(7-6-12-11)10(2)9-16(3,14)15/h10-12H,4-9H2,1-3H3. The summed E-state index contributed by atoms with van der Waals surface area (Å²) in [5.41, 5.74) is 0. The van der Waals surface area contributed by atoms with Crippen molar-refractivity contribution in [2.45, 2.75) is 38.8 Å². The molecule has 0 aliphatic carbocycles. The fraction of sp³-hybridized carbons (Fsp3) is 1.00. The molecule has 0 spiro atoms. The summed E-state index contributed by atoms with van der Waals surface area (Å²) in [7, 11) is -2.86. The monoisotopic (exact) mass is 248 g/mol. The van der Waals surface area contributed by atoms with Crippen LogP contribution in [0.3, 0.4) is 0 Å². The molecule has 4 nitrogen and oxygen atoms in total. The molecule has 0 amide bonds. The Kier molecular flexibility index (Phi) is 5.21. The molecule has 0 aromatic carbocycles. The van der Waals surface area contributed by atoms with Gasteiger partial charge >= 0.3 is 0 Å². The lowest BCUT2D eigenvalue weighted by atomic mass is 10.1. The van der Waals surface area contributed by atoms with E-state index >= 15 is 0 Å². The number of rotatable bonds is 5. The van der Waals surface area contributed by atoms with Gasteiger partial charge in [-0.05, 0) is 13.3 Å². The van der Waals surface area contributed by atoms with Crippen molar-refractivity contribution in [3.8, 4) is 0 Å². The summed E-state index contributed by atoms with van der Waals surface area (Å²) < 4.78 is 22.5. The zero-order valence-corrected chi connectivity index (χ0v) is 11.4. The molecule has 1 fully saturated rings. The maximum atomic E-state index is 11.2. The summed E-state index contributed by atoms with van der Waals surface area (Å²) in [6.07, 6.45) is 3.66. The second-order valence-electron chi connectivity index (χ2n) is 4.88. The summed E-state index contributed by atoms with van der Waals surface area (Å²) >= 11 is 0. The molecule has 1 N–H and O–H groups in total. The summed E-state index contributed by atoms with van der Waals surface area (Å²) in [5.74, 6) is 0.270. The van der Waals surface area contributed by atoms with Gasteiger partial charge in [-0.3, -0.25) is 4.90 Å². The van der Waals surface area contributed by atoms with Crippen LogP contribution >= 0.6 is 0 Å². The third-order valence-electron chi connectivity index (χ3n) is 3.09. The van der Waals surface area contributed by atoms with Gasteiger partial charge in [-0.2, -0.15) is 0 Å². The topological polar surface area (TPSA) is 49.4 Å². The van der Waals surface area contributed by atoms with Crippen LogP contribution in [0.1, 0.15) is 26.7 Å². The fourth-order valence-electron chi connectivity index (χ4n) is 2.34. The second kappa shape index (κ2) is 5.98. The van der Waals surface area contributed by atoms with Crippen molar-refractivity contribution in [3.05, 3.63) is 0 Å². The van der Waals surface area contributed by atoms with Crippen LogP contribution in [0.5, 0.6) is 0 Å². The van der Waals surface area contributed by atoms with Gasteiger partial charge in [0.15, 0.2) is 0 Å². The van der Waals surface area contributed by atoms with E-state index in [4.69, 9.17) is 0 Å². The highest BCUT2D eigenvalue weighted by atomic mass is 32.2. The van der Waals surface area contributed by atoms with E-state index in [0.29, 0.717) is 6.04 Å². The zero-order chi connectivity index (χ0) is 12.2. The first kappa shape index (κ1) is 13.9. The summed E-state index contributed by atoms with van der Waals surface area (Å²) in [6, 6.07) is 0.664. The minimum Gasteiger partial charge on any atom is -0.311 e. The molecule has 16 heavy (non-hydrogen) atoms. The Hall–Kier alpha value is -0.130. The largest absolute Gasteiger partial charge is 0.311 e. The van der Waals surface area contributed by atoms with Crippen molar-refractivity contribution in [2.75, 3.05) is 31.6 Å². The van der Waals surface area contributed by atoms with E-state index in [0.717, 1.165) is 19.6 Å². The highest BCUT2D eigenvalue weighted by molar-refractivity contribution is 7.90. The second-order valence-corrected chi connectivity index (χ2v) is 7.06. The van der Waals surface area contributed by atoms with E-state index in [1.54, 1.807) is 0 Å². The Bertz CT molecular complexity index is 301. The summed E-state index contributed by atoms with van der Waals surface area (Å²) in [4.78, 5) is 2.29. The van der Waals surface area contributed by atoms with Crippen LogP contribution in [0.2, 0.25) is 0 Å². The number of nitrogens with one attached hydrogen (secondary N) is 1. The van der Waals surface area contributed by atoms with Crippen molar-refractivity contribution in [2.24, 2.45) is 0 Å². The molecule has 0 aromatic rings. The Morgan fingerprint density at radius 2 is 2.19 bits per heavy atom. The van der Waals surface area contributed by atoms with Crippen LogP contribution in [0.15, 0.2) is 0 Å². The normalized spacial score (nSPS) is 25.6. The smallest absolute Gasteiger partial charge is 0.148 e. The highest BCUT2D eigenvalue weighted by Crippen LogP contribution is 2.09. The lowest BCUT2D eigenvalue weighted by molar-refractivity contribution is 0.159. The van der Waals surface area contributed by atoms with E-state index in [2.05, 4.69) is 17.1 Å². The first-order valence-corrected chi connectivity index (χ1v) is 8.13. The van der Waals surface area contributed by atoms with Gasteiger partial charge in [0.2, 0.25) is 0 Å². The third-order valence-corrected chi connectivity index (χ3v) is 4.18. The van der Waals surface area contributed by atoms with Crippen molar-refractivity contribution in [1.82, 2.24) is 10.2 Å². The van der Waals surface area contributed by atoms with E-state index in [1.165, 1.54) is 19.1 Å². The Labute approximate surface area is 99.3 Å². The van der Waals surface area contributed by atoms with Crippen LogP contribution < -0.4 is 5.32 Å². The van der Waals surface area contributed by atoms with E-state index in [-0.39, 0.29) is 11.8 Å². The van der Waals surface area contributed by atoms with Crippen LogP contribution in [-0.4, -0.2) is 57.0 Å².